The number of esters is 2. The van der Waals surface area contributed by atoms with Crippen molar-refractivity contribution in [2.45, 2.75) is 187 Å². The van der Waals surface area contributed by atoms with Gasteiger partial charge in [0.25, 0.3) is 0 Å². The SMILES string of the molecule is [2H]C(/C=C\C/C=C\C/C=C\C/C=C\CCCCC([2H])([2H])[2H])C([2H])([2H])C([2H])([2H])C(=O)O[C@@H](CO)COC(=O)CCCCCCCCCCCCCCCCC. The monoisotopic (exact) mass is 653 g/mol. The van der Waals surface area contributed by atoms with Crippen molar-refractivity contribution in [3.8, 4) is 0 Å². The fourth-order valence-corrected chi connectivity index (χ4v) is 4.72. The van der Waals surface area contributed by atoms with Gasteiger partial charge in [0.1, 0.15) is 6.61 Å². The van der Waals surface area contributed by atoms with Crippen molar-refractivity contribution in [2.24, 2.45) is 0 Å². The van der Waals surface area contributed by atoms with Crippen LogP contribution in [0.4, 0.5) is 0 Å². The number of carbonyl (C=O) groups is 2. The van der Waals surface area contributed by atoms with Crippen LogP contribution in [0.1, 0.15) is 192 Å². The third-order valence-electron chi connectivity index (χ3n) is 7.50. The first kappa shape index (κ1) is 31.1. The Morgan fingerprint density at radius 3 is 1.70 bits per heavy atom. The second-order valence-electron chi connectivity index (χ2n) is 11.8. The van der Waals surface area contributed by atoms with Gasteiger partial charge in [0.15, 0.2) is 6.10 Å². The Hall–Kier alpha value is -2.14. The Morgan fingerprint density at radius 1 is 0.652 bits per heavy atom. The van der Waals surface area contributed by atoms with Gasteiger partial charge < -0.3 is 14.6 Å². The van der Waals surface area contributed by atoms with Gasteiger partial charge in [-0.3, -0.25) is 9.59 Å². The van der Waals surface area contributed by atoms with Crippen molar-refractivity contribution in [3.05, 3.63) is 48.6 Å². The molecule has 5 nitrogen and oxygen atoms in total. The van der Waals surface area contributed by atoms with Crippen LogP contribution in [0, 0.1) is 0 Å². The van der Waals surface area contributed by atoms with Crippen LogP contribution in [0.15, 0.2) is 48.6 Å². The summed E-state index contributed by atoms with van der Waals surface area (Å²) in [7, 11) is 0. The van der Waals surface area contributed by atoms with Crippen LogP contribution in [0.3, 0.4) is 0 Å². The van der Waals surface area contributed by atoms with Crippen LogP contribution in [-0.2, 0) is 19.1 Å². The summed E-state index contributed by atoms with van der Waals surface area (Å²) in [5.41, 5.74) is 0. The van der Waals surface area contributed by atoms with Crippen LogP contribution in [0.25, 0.3) is 0 Å². The van der Waals surface area contributed by atoms with Crippen molar-refractivity contribution in [1.82, 2.24) is 0 Å². The molecule has 1 N–H and O–H groups in total. The average Bonchev–Trinajstić information content (AvgIpc) is 3.12. The van der Waals surface area contributed by atoms with Crippen LogP contribution >= 0.6 is 0 Å². The highest BCUT2D eigenvalue weighted by atomic mass is 16.6. The van der Waals surface area contributed by atoms with Crippen molar-refractivity contribution in [2.75, 3.05) is 13.2 Å². The Bertz CT molecular complexity index is 1070. The number of unbranched alkanes of at least 4 members (excludes halogenated alkanes) is 16. The third-order valence-corrected chi connectivity index (χ3v) is 7.50. The van der Waals surface area contributed by atoms with E-state index in [1.165, 1.54) is 82.8 Å². The summed E-state index contributed by atoms with van der Waals surface area (Å²) in [6.07, 6.45) is 28.2. The second kappa shape index (κ2) is 37.3. The van der Waals surface area contributed by atoms with E-state index in [0.29, 0.717) is 25.7 Å². The minimum atomic E-state index is -3.21. The predicted molar refractivity (Wildman–Crippen MR) is 196 cm³/mol. The molecule has 2 atom stereocenters. The molecular weight excluding hydrogens is 572 g/mol. The standard InChI is InChI=1S/C41H72O5/c1-3-5-7-9-11-13-15-17-19-20-22-24-26-28-30-32-34-36-41(44)46-39(37-42)38-45-40(43)35-33-31-29-27-25-23-21-18-16-14-12-10-8-6-4-2/h11,13,17,19,22,24,28,30,39,42H,3-10,12,14-16,18,20-21,23,25-27,29,31-38H2,1-2H3/b13-11-,19-17-,24-22-,30-28-/t39-/m0/s1/i1D3,32D,34D2,36D2/t32?,39-. The lowest BCUT2D eigenvalue weighted by atomic mass is 10.0. The predicted octanol–water partition coefficient (Wildman–Crippen LogP) is 11.8. The molecule has 266 valence electrons. The Kier molecular flexibility index (Phi) is 25.3. The van der Waals surface area contributed by atoms with Crippen LogP contribution in [0.2, 0.25) is 0 Å². The summed E-state index contributed by atoms with van der Waals surface area (Å²) >= 11 is 0. The lowest BCUT2D eigenvalue weighted by molar-refractivity contribution is -0.161. The minimum absolute atomic E-state index is 0.184. The molecule has 1 unspecified atom stereocenters. The average molecular weight is 653 g/mol. The lowest BCUT2D eigenvalue weighted by Gasteiger charge is -2.15. The molecular formula is C41H72O5. The maximum Gasteiger partial charge on any atom is 0.306 e. The van der Waals surface area contributed by atoms with E-state index in [9.17, 15) is 14.7 Å². The molecule has 5 heteroatoms. The van der Waals surface area contributed by atoms with E-state index in [1.54, 1.807) is 0 Å². The minimum Gasteiger partial charge on any atom is -0.462 e. The van der Waals surface area contributed by atoms with Crippen molar-refractivity contribution >= 4 is 11.9 Å². The largest absolute Gasteiger partial charge is 0.462 e. The van der Waals surface area contributed by atoms with Gasteiger partial charge in [0.05, 0.1) is 6.61 Å². The molecule has 0 radical (unpaired) electrons. The van der Waals surface area contributed by atoms with Gasteiger partial charge in [-0.1, -0.05) is 165 Å². The first-order valence-corrected chi connectivity index (χ1v) is 18.2. The third kappa shape index (κ3) is 34.7. The zero-order valence-electron chi connectivity index (χ0n) is 37.0. The Labute approximate surface area is 295 Å². The first-order chi connectivity index (χ1) is 25.7. The van der Waals surface area contributed by atoms with E-state index in [-0.39, 0.29) is 12.8 Å². The van der Waals surface area contributed by atoms with Crippen molar-refractivity contribution in [3.63, 3.8) is 0 Å². The summed E-state index contributed by atoms with van der Waals surface area (Å²) < 4.78 is 72.5. The smallest absolute Gasteiger partial charge is 0.306 e. The molecule has 0 amide bonds. The fraction of sp³-hybridized carbons (Fsp3) is 0.756. The van der Waals surface area contributed by atoms with E-state index in [4.69, 9.17) is 20.4 Å². The first-order valence-electron chi connectivity index (χ1n) is 22.3. The number of rotatable bonds is 34. The summed E-state index contributed by atoms with van der Waals surface area (Å²) in [5, 5.41) is 9.64. The molecule has 0 aliphatic carbocycles. The molecule has 0 fully saturated rings. The number of ether oxygens (including phenoxy) is 2. The summed E-state index contributed by atoms with van der Waals surface area (Å²) in [4.78, 5) is 24.8. The van der Waals surface area contributed by atoms with Gasteiger partial charge in [-0.05, 0) is 51.3 Å². The van der Waals surface area contributed by atoms with Gasteiger partial charge in [-0.25, -0.2) is 0 Å². The summed E-state index contributed by atoms with van der Waals surface area (Å²) in [6.45, 7) is -0.826. The molecule has 0 aromatic rings. The molecule has 46 heavy (non-hydrogen) atoms. The van der Waals surface area contributed by atoms with Crippen LogP contribution in [0.5, 0.6) is 0 Å². The number of allylic oxidation sites excluding steroid dienone is 8. The van der Waals surface area contributed by atoms with Gasteiger partial charge in [0.2, 0.25) is 0 Å². The van der Waals surface area contributed by atoms with Gasteiger partial charge in [-0.2, -0.15) is 0 Å². The topological polar surface area (TPSA) is 72.8 Å². The quantitative estimate of drug-likeness (QED) is 0.0425. The molecule has 0 bridgehead atoms. The summed E-state index contributed by atoms with van der Waals surface area (Å²) in [6, 6.07) is 0. The number of hydrogen-bond donors (Lipinski definition) is 1. The van der Waals surface area contributed by atoms with Crippen LogP contribution < -0.4 is 0 Å². The zero-order chi connectivity index (χ0) is 40.6. The maximum absolute atomic E-state index is 12.7. The molecule has 0 spiro atoms. The number of carbonyl (C=O) groups excluding carboxylic acids is 2. The highest BCUT2D eigenvalue weighted by Gasteiger charge is 2.15. The zero-order valence-corrected chi connectivity index (χ0v) is 29.0. The van der Waals surface area contributed by atoms with E-state index in [1.807, 2.05) is 36.5 Å². The number of aliphatic hydroxyl groups is 1. The van der Waals surface area contributed by atoms with Crippen molar-refractivity contribution in [1.29, 1.82) is 0 Å². The second-order valence-corrected chi connectivity index (χ2v) is 11.8. The molecule has 0 aromatic carbocycles. The fourth-order valence-electron chi connectivity index (χ4n) is 4.72. The van der Waals surface area contributed by atoms with E-state index >= 15 is 0 Å². The van der Waals surface area contributed by atoms with E-state index < -0.39 is 57.3 Å². The van der Waals surface area contributed by atoms with Gasteiger partial charge in [-0.15, -0.1) is 0 Å². The van der Waals surface area contributed by atoms with Crippen LogP contribution in [-0.4, -0.2) is 36.4 Å². The molecule has 0 aliphatic heterocycles. The molecule has 0 saturated carbocycles. The highest BCUT2D eigenvalue weighted by Crippen LogP contribution is 2.14. The Balaban J connectivity index is 4.28. The molecule has 0 aliphatic rings. The van der Waals surface area contributed by atoms with Gasteiger partial charge >= 0.3 is 11.9 Å². The van der Waals surface area contributed by atoms with Gasteiger partial charge in [0, 0.05) is 23.8 Å². The Morgan fingerprint density at radius 2 is 1.15 bits per heavy atom. The lowest BCUT2D eigenvalue weighted by Crippen LogP contribution is -2.28. The van der Waals surface area contributed by atoms with E-state index in [0.717, 1.165) is 38.5 Å². The van der Waals surface area contributed by atoms with E-state index in [2.05, 4.69) is 6.92 Å². The number of aliphatic hydroxyl groups excluding tert-OH is 1. The normalized spacial score (nSPS) is 16.8. The van der Waals surface area contributed by atoms with Crippen molar-refractivity contribution < 1.29 is 35.1 Å². The molecule has 0 saturated heterocycles. The molecule has 0 heterocycles. The highest BCUT2D eigenvalue weighted by molar-refractivity contribution is 5.70. The maximum atomic E-state index is 12.7. The molecule has 0 aromatic heterocycles. The number of hydrogen-bond acceptors (Lipinski definition) is 5. The summed E-state index contributed by atoms with van der Waals surface area (Å²) in [5.74, 6) is -2.09. The molecule has 0 rings (SSSR count).